The maximum absolute atomic E-state index is 12.3. The van der Waals surface area contributed by atoms with Crippen LogP contribution in [0.25, 0.3) is 11.4 Å². The van der Waals surface area contributed by atoms with Crippen LogP contribution in [-0.4, -0.2) is 33.5 Å². The lowest BCUT2D eigenvalue weighted by atomic mass is 10.0. The number of rotatable bonds is 3. The SMILES string of the molecule is C[C@H](N)C(=O)N1CCCCC1c1nc(-c2ccccc2)no1.Cl. The quantitative estimate of drug-likeness (QED) is 0.931. The normalized spacial score (nSPS) is 19.0. The number of carbonyl (C=O) groups is 1. The molecule has 0 radical (unpaired) electrons. The molecule has 1 aliphatic rings. The molecule has 1 saturated heterocycles. The van der Waals surface area contributed by atoms with Crippen molar-refractivity contribution in [3.8, 4) is 11.4 Å². The highest BCUT2D eigenvalue weighted by Gasteiger charge is 2.33. The van der Waals surface area contributed by atoms with Crippen molar-refractivity contribution in [2.24, 2.45) is 5.73 Å². The number of nitrogens with zero attached hydrogens (tertiary/aromatic N) is 3. The fourth-order valence-corrected chi connectivity index (χ4v) is 2.79. The van der Waals surface area contributed by atoms with Crippen LogP contribution in [-0.2, 0) is 4.79 Å². The van der Waals surface area contributed by atoms with Crippen LogP contribution in [0.5, 0.6) is 0 Å². The largest absolute Gasteiger partial charge is 0.337 e. The van der Waals surface area contributed by atoms with Gasteiger partial charge in [0.05, 0.1) is 6.04 Å². The summed E-state index contributed by atoms with van der Waals surface area (Å²) in [4.78, 5) is 18.5. The summed E-state index contributed by atoms with van der Waals surface area (Å²) in [6.45, 7) is 2.39. The Kier molecular flexibility index (Phi) is 5.74. The third-order valence-electron chi connectivity index (χ3n) is 3.93. The number of piperidine rings is 1. The molecule has 3 rings (SSSR count). The molecule has 7 heteroatoms. The summed E-state index contributed by atoms with van der Waals surface area (Å²) in [6, 6.07) is 8.97. The molecule has 0 spiro atoms. The maximum Gasteiger partial charge on any atom is 0.249 e. The van der Waals surface area contributed by atoms with Gasteiger partial charge >= 0.3 is 0 Å². The summed E-state index contributed by atoms with van der Waals surface area (Å²) in [5.74, 6) is 0.978. The van der Waals surface area contributed by atoms with Crippen LogP contribution in [0.3, 0.4) is 0 Å². The summed E-state index contributed by atoms with van der Waals surface area (Å²) < 4.78 is 5.42. The van der Waals surface area contributed by atoms with Gasteiger partial charge in [-0.15, -0.1) is 12.4 Å². The van der Waals surface area contributed by atoms with Gasteiger partial charge in [-0.05, 0) is 26.2 Å². The van der Waals surface area contributed by atoms with Crippen molar-refractivity contribution in [3.63, 3.8) is 0 Å². The van der Waals surface area contributed by atoms with Gasteiger partial charge in [-0.25, -0.2) is 0 Å². The number of likely N-dealkylation sites (tertiary alicyclic amines) is 1. The Morgan fingerprint density at radius 2 is 2.09 bits per heavy atom. The van der Waals surface area contributed by atoms with Crippen molar-refractivity contribution < 1.29 is 9.32 Å². The Morgan fingerprint density at radius 3 is 2.78 bits per heavy atom. The zero-order valence-electron chi connectivity index (χ0n) is 13.0. The molecule has 6 nitrogen and oxygen atoms in total. The minimum atomic E-state index is -0.517. The first-order chi connectivity index (χ1) is 10.7. The Morgan fingerprint density at radius 1 is 1.35 bits per heavy atom. The number of carbonyl (C=O) groups excluding carboxylic acids is 1. The average molecular weight is 337 g/mol. The van der Waals surface area contributed by atoms with Crippen LogP contribution < -0.4 is 5.73 Å². The second-order valence-corrected chi connectivity index (χ2v) is 5.65. The minimum Gasteiger partial charge on any atom is -0.337 e. The second-order valence-electron chi connectivity index (χ2n) is 5.65. The molecule has 2 N–H and O–H groups in total. The molecule has 0 bridgehead atoms. The van der Waals surface area contributed by atoms with E-state index in [0.29, 0.717) is 18.3 Å². The van der Waals surface area contributed by atoms with E-state index < -0.39 is 6.04 Å². The van der Waals surface area contributed by atoms with Crippen LogP contribution in [0.2, 0.25) is 0 Å². The van der Waals surface area contributed by atoms with Crippen LogP contribution >= 0.6 is 12.4 Å². The van der Waals surface area contributed by atoms with Crippen molar-refractivity contribution in [2.75, 3.05) is 6.54 Å². The van der Waals surface area contributed by atoms with E-state index in [1.807, 2.05) is 30.3 Å². The van der Waals surface area contributed by atoms with Gasteiger partial charge in [-0.3, -0.25) is 4.79 Å². The molecular formula is C16H21ClN4O2. The third-order valence-corrected chi connectivity index (χ3v) is 3.93. The van der Waals surface area contributed by atoms with E-state index >= 15 is 0 Å². The van der Waals surface area contributed by atoms with E-state index in [-0.39, 0.29) is 24.4 Å². The van der Waals surface area contributed by atoms with Crippen molar-refractivity contribution in [1.29, 1.82) is 0 Å². The summed E-state index contributed by atoms with van der Waals surface area (Å²) >= 11 is 0. The van der Waals surface area contributed by atoms with Gasteiger partial charge in [0.25, 0.3) is 0 Å². The minimum absolute atomic E-state index is 0. The molecular weight excluding hydrogens is 316 g/mol. The van der Waals surface area contributed by atoms with Crippen molar-refractivity contribution >= 4 is 18.3 Å². The third kappa shape index (κ3) is 3.71. The lowest BCUT2D eigenvalue weighted by Gasteiger charge is -2.34. The topological polar surface area (TPSA) is 85.3 Å². The predicted octanol–water partition coefficient (Wildman–Crippen LogP) is 2.56. The average Bonchev–Trinajstić information content (AvgIpc) is 3.05. The summed E-state index contributed by atoms with van der Waals surface area (Å²) in [5, 5.41) is 4.04. The molecule has 1 aliphatic heterocycles. The Bertz CT molecular complexity index is 645. The fraction of sp³-hybridized carbons (Fsp3) is 0.438. The fourth-order valence-electron chi connectivity index (χ4n) is 2.79. The Hall–Kier alpha value is -1.92. The number of hydrogen-bond donors (Lipinski definition) is 1. The van der Waals surface area contributed by atoms with Crippen molar-refractivity contribution in [2.45, 2.75) is 38.3 Å². The van der Waals surface area contributed by atoms with E-state index in [9.17, 15) is 4.79 Å². The molecule has 0 saturated carbocycles. The highest BCUT2D eigenvalue weighted by atomic mass is 35.5. The summed E-state index contributed by atoms with van der Waals surface area (Å²) in [7, 11) is 0. The molecule has 1 amide bonds. The van der Waals surface area contributed by atoms with Crippen molar-refractivity contribution in [3.05, 3.63) is 36.2 Å². The van der Waals surface area contributed by atoms with Gasteiger partial charge in [0.2, 0.25) is 17.6 Å². The molecule has 1 fully saturated rings. The summed E-state index contributed by atoms with van der Waals surface area (Å²) in [6.07, 6.45) is 2.85. The van der Waals surface area contributed by atoms with Crippen molar-refractivity contribution in [1.82, 2.24) is 15.0 Å². The first-order valence-corrected chi connectivity index (χ1v) is 7.62. The van der Waals surface area contributed by atoms with Gasteiger partial charge < -0.3 is 15.2 Å². The van der Waals surface area contributed by atoms with Gasteiger partial charge in [0.15, 0.2) is 0 Å². The molecule has 2 heterocycles. The van der Waals surface area contributed by atoms with E-state index in [1.165, 1.54) is 0 Å². The molecule has 2 aromatic rings. The number of hydrogen-bond acceptors (Lipinski definition) is 5. The van der Waals surface area contributed by atoms with E-state index in [1.54, 1.807) is 11.8 Å². The van der Waals surface area contributed by atoms with Gasteiger partial charge in [-0.1, -0.05) is 35.5 Å². The standard InChI is InChI=1S/C16H20N4O2.ClH/c1-11(17)16(21)20-10-6-5-9-13(20)15-18-14(19-22-15)12-7-3-2-4-8-12;/h2-4,7-8,11,13H,5-6,9-10,17H2,1H3;1H/t11-,13?;/m0./s1. The zero-order chi connectivity index (χ0) is 15.5. The van der Waals surface area contributed by atoms with Crippen LogP contribution in [0.1, 0.15) is 38.1 Å². The zero-order valence-corrected chi connectivity index (χ0v) is 13.8. The maximum atomic E-state index is 12.3. The molecule has 1 aromatic carbocycles. The van der Waals surface area contributed by atoms with Gasteiger partial charge in [0, 0.05) is 12.1 Å². The Labute approximate surface area is 141 Å². The molecule has 124 valence electrons. The molecule has 23 heavy (non-hydrogen) atoms. The van der Waals surface area contributed by atoms with Gasteiger partial charge in [-0.2, -0.15) is 4.98 Å². The highest BCUT2D eigenvalue weighted by molar-refractivity contribution is 5.85. The predicted molar refractivity (Wildman–Crippen MR) is 88.9 cm³/mol. The lowest BCUT2D eigenvalue weighted by Crippen LogP contribution is -2.46. The molecule has 1 unspecified atom stereocenters. The monoisotopic (exact) mass is 336 g/mol. The highest BCUT2D eigenvalue weighted by Crippen LogP contribution is 2.31. The number of benzene rings is 1. The number of aromatic nitrogens is 2. The van der Waals surface area contributed by atoms with Crippen LogP contribution in [0, 0.1) is 0 Å². The Balaban J connectivity index is 0.00000192. The molecule has 0 aliphatic carbocycles. The number of nitrogens with two attached hydrogens (primary N) is 1. The number of halogens is 1. The molecule has 1 aromatic heterocycles. The van der Waals surface area contributed by atoms with Gasteiger partial charge in [0.1, 0.15) is 6.04 Å². The first kappa shape index (κ1) is 17.4. The van der Waals surface area contributed by atoms with Crippen LogP contribution in [0.4, 0.5) is 0 Å². The van der Waals surface area contributed by atoms with E-state index in [2.05, 4.69) is 10.1 Å². The smallest absolute Gasteiger partial charge is 0.249 e. The molecule has 2 atom stereocenters. The lowest BCUT2D eigenvalue weighted by molar-refractivity contribution is -0.136. The summed E-state index contributed by atoms with van der Waals surface area (Å²) in [5.41, 5.74) is 6.65. The first-order valence-electron chi connectivity index (χ1n) is 7.62. The van der Waals surface area contributed by atoms with Crippen LogP contribution in [0.15, 0.2) is 34.9 Å². The second kappa shape index (κ2) is 7.57. The van der Waals surface area contributed by atoms with E-state index in [4.69, 9.17) is 10.3 Å². The number of amides is 1. The van der Waals surface area contributed by atoms with E-state index in [0.717, 1.165) is 24.8 Å².